The number of ether oxygens (including phenoxy) is 6. The van der Waals surface area contributed by atoms with Crippen molar-refractivity contribution in [2.75, 3.05) is 0 Å². The summed E-state index contributed by atoms with van der Waals surface area (Å²) in [7, 11) is 0. The summed E-state index contributed by atoms with van der Waals surface area (Å²) in [4.78, 5) is 13.4. The largest absolute Gasteiger partial charge is 0.437 e. The average Bonchev–Trinajstić information content (AvgIpc) is 3.16. The van der Waals surface area contributed by atoms with Crippen LogP contribution in [0.2, 0.25) is 0 Å². The van der Waals surface area contributed by atoms with Gasteiger partial charge in [-0.2, -0.15) is 46.5 Å². The molecular formula is C39H21N9O6. The van der Waals surface area contributed by atoms with E-state index >= 15 is 0 Å². The summed E-state index contributed by atoms with van der Waals surface area (Å²) in [5.74, 6) is -1.36. The third-order valence-electron chi connectivity index (χ3n) is 8.43. The van der Waals surface area contributed by atoms with Crippen molar-refractivity contribution in [2.24, 2.45) is 0 Å². The van der Waals surface area contributed by atoms with Crippen LogP contribution in [0.4, 0.5) is 0 Å². The van der Waals surface area contributed by atoms with Crippen LogP contribution >= 0.6 is 0 Å². The highest BCUT2D eigenvalue weighted by Gasteiger charge is 2.28. The molecule has 2 aromatic carbocycles. The first kappa shape index (κ1) is 34.1. The molecule has 3 aliphatic heterocycles. The zero-order valence-electron chi connectivity index (χ0n) is 28.6. The first-order chi connectivity index (χ1) is 26.3. The van der Waals surface area contributed by atoms with Gasteiger partial charge in [0.25, 0.3) is 0 Å². The molecule has 0 fully saturated rings. The Hall–Kier alpha value is -8.37. The number of hydrogen-bond donors (Lipinski definition) is 0. The van der Waals surface area contributed by atoms with Gasteiger partial charge in [0.05, 0.1) is 0 Å². The predicted octanol–water partition coefficient (Wildman–Crippen LogP) is 8.17. The minimum Gasteiger partial charge on any atom is -0.437 e. The van der Waals surface area contributed by atoms with Gasteiger partial charge in [-0.1, -0.05) is 20.8 Å². The van der Waals surface area contributed by atoms with Crippen LogP contribution in [-0.4, -0.2) is 15.0 Å². The standard InChI is InChI=1S/C39H21N9O6/c1-4-25-28(13-40)34-46-35(29(25)14-41)50-20-8-22-12-24(10-20)54-39-33(18-45)27(6-3)32(17-44)38(48-39)53-23-9-19(49-34)7-21(11-23)51-36-30(15-42)26(5-2)31(16-43)37(47-36)52-22/h7-12H,4-6H2,1-3H3. The Kier molecular flexibility index (Phi) is 8.68. The average molecular weight is 712 g/mol. The second kappa shape index (κ2) is 13.7. The molecule has 0 aliphatic carbocycles. The second-order valence-electron chi connectivity index (χ2n) is 11.5. The topological polar surface area (TPSA) is 237 Å². The van der Waals surface area contributed by atoms with Crippen LogP contribution in [0.15, 0.2) is 36.4 Å². The number of nitrogens with zero attached hydrogens (tertiary/aromatic N) is 9. The Labute approximate surface area is 307 Å². The van der Waals surface area contributed by atoms with Gasteiger partial charge in [0.1, 0.15) is 104 Å². The minimum absolute atomic E-state index is 0.00800. The van der Waals surface area contributed by atoms with Gasteiger partial charge in [0.15, 0.2) is 0 Å². The first-order valence-electron chi connectivity index (χ1n) is 16.3. The van der Waals surface area contributed by atoms with Gasteiger partial charge < -0.3 is 28.4 Å². The Morgan fingerprint density at radius 2 is 0.519 bits per heavy atom. The van der Waals surface area contributed by atoms with Crippen molar-refractivity contribution >= 4 is 0 Å². The zero-order chi connectivity index (χ0) is 38.1. The summed E-state index contributed by atoms with van der Waals surface area (Å²) in [6, 6.07) is 20.9. The van der Waals surface area contributed by atoms with Crippen LogP contribution in [0, 0.1) is 68.0 Å². The first-order valence-corrected chi connectivity index (χ1v) is 16.3. The molecule has 0 saturated heterocycles. The maximum absolute atomic E-state index is 10.3. The molecule has 0 radical (unpaired) electrons. The molecule has 258 valence electrons. The molecule has 3 aromatic heterocycles. The van der Waals surface area contributed by atoms with Gasteiger partial charge in [0, 0.05) is 36.4 Å². The summed E-state index contributed by atoms with van der Waals surface area (Å²) in [6.45, 7) is 5.25. The number of hydrogen-bond acceptors (Lipinski definition) is 15. The molecule has 3 aliphatic rings. The van der Waals surface area contributed by atoms with Crippen molar-refractivity contribution < 1.29 is 28.4 Å². The Balaban J connectivity index is 1.64. The van der Waals surface area contributed by atoms with Crippen LogP contribution in [0.5, 0.6) is 69.8 Å². The van der Waals surface area contributed by atoms with E-state index < -0.39 is 0 Å². The Bertz CT molecular complexity index is 2230. The molecule has 12 bridgehead atoms. The van der Waals surface area contributed by atoms with Gasteiger partial charge in [0.2, 0.25) is 35.3 Å². The van der Waals surface area contributed by atoms with Crippen molar-refractivity contribution in [3.8, 4) is 106 Å². The van der Waals surface area contributed by atoms with E-state index in [0.29, 0.717) is 16.7 Å². The van der Waals surface area contributed by atoms with Gasteiger partial charge in [-0.05, 0) is 36.0 Å². The monoisotopic (exact) mass is 711 g/mol. The van der Waals surface area contributed by atoms with E-state index in [0.717, 1.165) is 0 Å². The predicted molar refractivity (Wildman–Crippen MR) is 182 cm³/mol. The van der Waals surface area contributed by atoms with E-state index in [2.05, 4.69) is 51.4 Å². The van der Waals surface area contributed by atoms with Crippen molar-refractivity contribution in [1.29, 1.82) is 31.6 Å². The van der Waals surface area contributed by atoms with E-state index in [1.807, 2.05) is 0 Å². The molecule has 15 heteroatoms. The van der Waals surface area contributed by atoms with Crippen LogP contribution in [-0.2, 0) is 19.3 Å². The lowest BCUT2D eigenvalue weighted by molar-refractivity contribution is 0.386. The summed E-state index contributed by atoms with van der Waals surface area (Å²) >= 11 is 0. The van der Waals surface area contributed by atoms with Crippen LogP contribution in [0.3, 0.4) is 0 Å². The van der Waals surface area contributed by atoms with Gasteiger partial charge in [-0.25, -0.2) is 0 Å². The fourth-order valence-electron chi connectivity index (χ4n) is 6.07. The SMILES string of the molecule is CCc1c(C#N)c2nc(c1C#N)Oc1cc3cc(c1)Oc1nc(c(C#N)c(CC)c1C#N)Oc1cc(cc(c1)Oc1nc(c(C#N)c(CC)c1C#N)O3)O2. The van der Waals surface area contributed by atoms with Gasteiger partial charge in [-0.15, -0.1) is 0 Å². The second-order valence-corrected chi connectivity index (χ2v) is 11.5. The molecule has 0 N–H and O–H groups in total. The molecule has 6 heterocycles. The summed E-state index contributed by atoms with van der Waals surface area (Å²) in [6.07, 6.45) is 0.661. The molecule has 5 aromatic rings. The molecule has 0 spiro atoms. The van der Waals surface area contributed by atoms with E-state index in [1.54, 1.807) is 20.8 Å². The normalized spacial score (nSPS) is 11.5. The van der Waals surface area contributed by atoms with Crippen molar-refractivity contribution in [3.63, 3.8) is 0 Å². The van der Waals surface area contributed by atoms with Gasteiger partial charge in [-0.3, -0.25) is 0 Å². The number of nitriles is 6. The third-order valence-corrected chi connectivity index (χ3v) is 8.43. The number of benzene rings is 2. The third kappa shape index (κ3) is 5.73. The van der Waals surface area contributed by atoms with Crippen molar-refractivity contribution in [1.82, 2.24) is 15.0 Å². The molecule has 15 nitrogen and oxygen atoms in total. The number of aromatic nitrogens is 3. The summed E-state index contributed by atoms with van der Waals surface area (Å²) in [5, 5.41) is 61.6. The smallest absolute Gasteiger partial charge is 0.240 e. The van der Waals surface area contributed by atoms with E-state index in [4.69, 9.17) is 28.4 Å². The molecule has 0 amide bonds. The van der Waals surface area contributed by atoms with Crippen LogP contribution < -0.4 is 28.4 Å². The van der Waals surface area contributed by atoms with Crippen LogP contribution in [0.1, 0.15) is 70.8 Å². The molecule has 8 rings (SSSR count). The fraction of sp³-hybridized carbons (Fsp3) is 0.154. The molecular weight excluding hydrogens is 690 g/mol. The number of pyridine rings is 3. The Morgan fingerprint density at radius 1 is 0.352 bits per heavy atom. The van der Waals surface area contributed by atoms with Gasteiger partial charge >= 0.3 is 0 Å². The lowest BCUT2D eigenvalue weighted by Gasteiger charge is -2.20. The van der Waals surface area contributed by atoms with Crippen molar-refractivity contribution in [3.05, 3.63) is 86.5 Å². The highest BCUT2D eigenvalue weighted by Crippen LogP contribution is 2.44. The summed E-state index contributed by atoms with van der Waals surface area (Å²) < 4.78 is 37.4. The minimum atomic E-state index is -0.218. The maximum atomic E-state index is 10.3. The molecule has 0 unspecified atom stereocenters. The molecule has 54 heavy (non-hydrogen) atoms. The summed E-state index contributed by atoms with van der Waals surface area (Å²) in [5.41, 5.74) is 0.681. The van der Waals surface area contributed by atoms with E-state index in [9.17, 15) is 31.6 Å². The van der Waals surface area contributed by atoms with Crippen molar-refractivity contribution in [2.45, 2.75) is 40.0 Å². The zero-order valence-corrected chi connectivity index (χ0v) is 28.6. The fourth-order valence-corrected chi connectivity index (χ4v) is 6.07. The van der Waals surface area contributed by atoms with E-state index in [1.165, 1.54) is 36.4 Å². The maximum Gasteiger partial charge on any atom is 0.240 e. The Morgan fingerprint density at radius 3 is 0.648 bits per heavy atom. The lowest BCUT2D eigenvalue weighted by Crippen LogP contribution is -2.07. The molecule has 0 saturated carbocycles. The number of rotatable bonds is 3. The lowest BCUT2D eigenvalue weighted by atomic mass is 10.0. The van der Waals surface area contributed by atoms with E-state index in [-0.39, 0.29) is 122 Å². The highest BCUT2D eigenvalue weighted by atomic mass is 16.5. The molecule has 0 atom stereocenters. The quantitative estimate of drug-likeness (QED) is 0.168. The van der Waals surface area contributed by atoms with Crippen LogP contribution in [0.25, 0.3) is 0 Å². The highest BCUT2D eigenvalue weighted by molar-refractivity contribution is 5.63.